The van der Waals surface area contributed by atoms with Gasteiger partial charge in [0.15, 0.2) is 0 Å². The Morgan fingerprint density at radius 3 is 1.65 bits per heavy atom. The zero-order valence-corrected chi connectivity index (χ0v) is 10.2. The zero-order chi connectivity index (χ0) is 12.4. The second-order valence-electron chi connectivity index (χ2n) is 4.40. The molecule has 0 unspecified atom stereocenters. The van der Waals surface area contributed by atoms with Gasteiger partial charge in [0, 0.05) is 0 Å². The summed E-state index contributed by atoms with van der Waals surface area (Å²) in [6, 6.07) is -0.180. The van der Waals surface area contributed by atoms with Crippen LogP contribution >= 0.6 is 0 Å². The SMILES string of the molecule is CON1C(=O)C(=O)N(OC)[C@H]2CCCCC[C@H]21. The topological polar surface area (TPSA) is 59.1 Å². The molecule has 2 amide bonds. The van der Waals surface area contributed by atoms with Gasteiger partial charge in [-0.05, 0) is 12.8 Å². The van der Waals surface area contributed by atoms with Crippen LogP contribution in [0.5, 0.6) is 0 Å². The van der Waals surface area contributed by atoms with E-state index in [4.69, 9.17) is 9.68 Å². The third-order valence-electron chi connectivity index (χ3n) is 3.52. The second-order valence-corrected chi connectivity index (χ2v) is 4.40. The normalized spacial score (nSPS) is 30.2. The van der Waals surface area contributed by atoms with Crippen molar-refractivity contribution < 1.29 is 19.3 Å². The van der Waals surface area contributed by atoms with Crippen LogP contribution in [0.15, 0.2) is 0 Å². The summed E-state index contributed by atoms with van der Waals surface area (Å²) < 4.78 is 0. The molecule has 0 aromatic rings. The molecule has 2 atom stereocenters. The fourth-order valence-corrected chi connectivity index (χ4v) is 2.74. The lowest BCUT2D eigenvalue weighted by Crippen LogP contribution is -2.63. The van der Waals surface area contributed by atoms with Crippen molar-refractivity contribution in [3.8, 4) is 0 Å². The zero-order valence-electron chi connectivity index (χ0n) is 10.2. The van der Waals surface area contributed by atoms with Gasteiger partial charge in [0.2, 0.25) is 0 Å². The molecule has 0 N–H and O–H groups in total. The highest BCUT2D eigenvalue weighted by atomic mass is 16.7. The van der Waals surface area contributed by atoms with E-state index in [0.717, 1.165) is 32.1 Å². The van der Waals surface area contributed by atoms with Crippen LogP contribution in [-0.2, 0) is 19.3 Å². The molecule has 17 heavy (non-hydrogen) atoms. The van der Waals surface area contributed by atoms with Gasteiger partial charge >= 0.3 is 11.8 Å². The smallest absolute Gasteiger partial charge is 0.274 e. The third-order valence-corrected chi connectivity index (χ3v) is 3.52. The first-order chi connectivity index (χ1) is 8.20. The Hall–Kier alpha value is -1.14. The minimum Gasteiger partial charge on any atom is -0.274 e. The molecule has 1 aliphatic carbocycles. The maximum Gasteiger partial charge on any atom is 0.338 e. The number of rotatable bonds is 2. The molecule has 0 bridgehead atoms. The van der Waals surface area contributed by atoms with Crippen molar-refractivity contribution in [3.63, 3.8) is 0 Å². The summed E-state index contributed by atoms with van der Waals surface area (Å²) in [5.41, 5.74) is 0. The van der Waals surface area contributed by atoms with E-state index in [-0.39, 0.29) is 12.1 Å². The summed E-state index contributed by atoms with van der Waals surface area (Å²) in [5.74, 6) is -1.28. The second kappa shape index (κ2) is 5.01. The Kier molecular flexibility index (Phi) is 3.63. The number of amides is 2. The van der Waals surface area contributed by atoms with E-state index in [9.17, 15) is 9.59 Å². The van der Waals surface area contributed by atoms with E-state index in [1.807, 2.05) is 0 Å². The molecule has 2 rings (SSSR count). The Labute approximate surface area is 100 Å². The maximum atomic E-state index is 11.8. The van der Waals surface area contributed by atoms with Crippen molar-refractivity contribution in [2.24, 2.45) is 0 Å². The van der Waals surface area contributed by atoms with Gasteiger partial charge in [-0.2, -0.15) is 0 Å². The summed E-state index contributed by atoms with van der Waals surface area (Å²) >= 11 is 0. The monoisotopic (exact) mass is 242 g/mol. The summed E-state index contributed by atoms with van der Waals surface area (Å²) in [7, 11) is 2.85. The van der Waals surface area contributed by atoms with Crippen molar-refractivity contribution in [3.05, 3.63) is 0 Å². The molecule has 96 valence electrons. The van der Waals surface area contributed by atoms with Gasteiger partial charge < -0.3 is 0 Å². The van der Waals surface area contributed by atoms with E-state index in [1.165, 1.54) is 24.3 Å². The van der Waals surface area contributed by atoms with Crippen molar-refractivity contribution in [1.82, 2.24) is 10.1 Å². The van der Waals surface area contributed by atoms with Gasteiger partial charge in [0.05, 0.1) is 26.3 Å². The predicted molar refractivity (Wildman–Crippen MR) is 58.4 cm³/mol. The van der Waals surface area contributed by atoms with Crippen molar-refractivity contribution in [2.45, 2.75) is 44.2 Å². The molecule has 0 aromatic heterocycles. The third kappa shape index (κ3) is 2.02. The first-order valence-corrected chi connectivity index (χ1v) is 5.95. The molecule has 0 spiro atoms. The fourth-order valence-electron chi connectivity index (χ4n) is 2.74. The largest absolute Gasteiger partial charge is 0.338 e. The van der Waals surface area contributed by atoms with Crippen molar-refractivity contribution in [2.75, 3.05) is 14.2 Å². The standard InChI is InChI=1S/C11H18N2O4/c1-16-12-8-6-4-3-5-7-9(8)13(17-2)11(15)10(12)14/h8-9H,3-7H2,1-2H3/t8-,9+. The van der Waals surface area contributed by atoms with E-state index in [2.05, 4.69) is 0 Å². The van der Waals surface area contributed by atoms with E-state index in [1.54, 1.807) is 0 Å². The molecule has 1 saturated heterocycles. The first kappa shape index (κ1) is 12.3. The van der Waals surface area contributed by atoms with Gasteiger partial charge in [0.1, 0.15) is 0 Å². The Balaban J connectivity index is 2.29. The Morgan fingerprint density at radius 2 is 1.29 bits per heavy atom. The Bertz CT molecular complexity index is 291. The van der Waals surface area contributed by atoms with Crippen molar-refractivity contribution in [1.29, 1.82) is 0 Å². The van der Waals surface area contributed by atoms with Crippen LogP contribution in [0.3, 0.4) is 0 Å². The van der Waals surface area contributed by atoms with Crippen LogP contribution in [0, 0.1) is 0 Å². The van der Waals surface area contributed by atoms with Gasteiger partial charge in [-0.3, -0.25) is 19.3 Å². The first-order valence-electron chi connectivity index (χ1n) is 5.95. The molecular formula is C11H18N2O4. The van der Waals surface area contributed by atoms with Crippen LogP contribution in [-0.4, -0.2) is 48.2 Å². The minimum atomic E-state index is -0.641. The van der Waals surface area contributed by atoms with Gasteiger partial charge in [0.25, 0.3) is 0 Å². The lowest BCUT2D eigenvalue weighted by Gasteiger charge is -2.43. The molecular weight excluding hydrogens is 224 g/mol. The number of hydroxylamine groups is 4. The molecule has 0 radical (unpaired) electrons. The van der Waals surface area contributed by atoms with Gasteiger partial charge in [-0.25, -0.2) is 10.1 Å². The maximum absolute atomic E-state index is 11.8. The molecule has 6 nitrogen and oxygen atoms in total. The van der Waals surface area contributed by atoms with E-state index >= 15 is 0 Å². The number of hydrogen-bond acceptors (Lipinski definition) is 4. The van der Waals surface area contributed by atoms with E-state index in [0.29, 0.717) is 0 Å². The van der Waals surface area contributed by atoms with Gasteiger partial charge in [-0.1, -0.05) is 19.3 Å². The number of nitrogens with zero attached hydrogens (tertiary/aromatic N) is 2. The lowest BCUT2D eigenvalue weighted by molar-refractivity contribution is -0.248. The highest BCUT2D eigenvalue weighted by Crippen LogP contribution is 2.30. The summed E-state index contributed by atoms with van der Waals surface area (Å²) in [6.45, 7) is 0. The molecule has 1 heterocycles. The molecule has 6 heteroatoms. The lowest BCUT2D eigenvalue weighted by atomic mass is 9.99. The van der Waals surface area contributed by atoms with Gasteiger partial charge in [-0.15, -0.1) is 0 Å². The average molecular weight is 242 g/mol. The number of carbonyl (C=O) groups is 2. The van der Waals surface area contributed by atoms with Crippen LogP contribution in [0.25, 0.3) is 0 Å². The average Bonchev–Trinajstić information content (AvgIpc) is 2.57. The fraction of sp³-hybridized carbons (Fsp3) is 0.818. The highest BCUT2D eigenvalue weighted by molar-refractivity contribution is 6.35. The molecule has 1 aliphatic heterocycles. The highest BCUT2D eigenvalue weighted by Gasteiger charge is 2.47. The molecule has 2 fully saturated rings. The number of piperazine rings is 1. The van der Waals surface area contributed by atoms with Crippen LogP contribution in [0.2, 0.25) is 0 Å². The predicted octanol–water partition coefficient (Wildman–Crippen LogP) is 0.481. The van der Waals surface area contributed by atoms with Crippen LogP contribution < -0.4 is 0 Å². The molecule has 1 saturated carbocycles. The van der Waals surface area contributed by atoms with E-state index < -0.39 is 11.8 Å². The van der Waals surface area contributed by atoms with Crippen LogP contribution in [0.1, 0.15) is 32.1 Å². The number of carbonyl (C=O) groups excluding carboxylic acids is 2. The molecule has 2 aliphatic rings. The van der Waals surface area contributed by atoms with Crippen LogP contribution in [0.4, 0.5) is 0 Å². The quantitative estimate of drug-likeness (QED) is 0.661. The number of hydrogen-bond donors (Lipinski definition) is 0. The Morgan fingerprint density at radius 1 is 0.882 bits per heavy atom. The molecule has 0 aromatic carbocycles. The summed E-state index contributed by atoms with van der Waals surface area (Å²) in [4.78, 5) is 33.8. The number of fused-ring (bicyclic) bond motifs is 1. The van der Waals surface area contributed by atoms with Crippen molar-refractivity contribution >= 4 is 11.8 Å². The summed E-state index contributed by atoms with van der Waals surface area (Å²) in [5, 5.41) is 2.43. The summed E-state index contributed by atoms with van der Waals surface area (Å²) in [6.07, 6.45) is 4.89. The minimum absolute atomic E-state index is 0.0901.